The number of nitrogens with one attached hydrogen (secondary N) is 2. The summed E-state index contributed by atoms with van der Waals surface area (Å²) in [5, 5.41) is 65.1. The monoisotopic (exact) mass is 422 g/mol. The Balaban J connectivity index is 2.26. The highest BCUT2D eigenvalue weighted by Gasteiger charge is 2.50. The fourth-order valence-corrected chi connectivity index (χ4v) is 3.87. The van der Waals surface area contributed by atoms with Gasteiger partial charge in [-0.25, -0.2) is 0 Å². The highest BCUT2D eigenvalue weighted by atomic mass is 16.6. The Morgan fingerprint density at radius 1 is 0.931 bits per heavy atom. The van der Waals surface area contributed by atoms with Gasteiger partial charge in [-0.2, -0.15) is 0 Å². The van der Waals surface area contributed by atoms with Crippen molar-refractivity contribution >= 4 is 11.8 Å². The average molecular weight is 422 g/mol. The first-order valence-corrected chi connectivity index (χ1v) is 9.39. The number of carbonyl (C=O) groups excluding carboxylic acids is 2. The Labute approximate surface area is 167 Å². The van der Waals surface area contributed by atoms with Gasteiger partial charge in [0, 0.05) is 26.4 Å². The maximum Gasteiger partial charge on any atom is 0.217 e. The van der Waals surface area contributed by atoms with E-state index in [1.807, 2.05) is 0 Å². The quantitative estimate of drug-likeness (QED) is 0.207. The smallest absolute Gasteiger partial charge is 0.217 e. The Hall–Kier alpha value is -1.38. The van der Waals surface area contributed by atoms with Gasteiger partial charge in [-0.05, 0) is 6.42 Å². The summed E-state index contributed by atoms with van der Waals surface area (Å²) in [4.78, 5) is 22.9. The van der Waals surface area contributed by atoms with Gasteiger partial charge in [-0.15, -0.1) is 0 Å². The number of aliphatic hydroxyl groups is 6. The van der Waals surface area contributed by atoms with Crippen LogP contribution in [0, 0.1) is 5.92 Å². The molecule has 0 radical (unpaired) electrons. The number of rotatable bonds is 6. The van der Waals surface area contributed by atoms with Gasteiger partial charge >= 0.3 is 0 Å². The molecule has 1 saturated carbocycles. The molecule has 2 aliphatic rings. The van der Waals surface area contributed by atoms with E-state index in [2.05, 4.69) is 10.6 Å². The number of hydrogen-bond donors (Lipinski definition) is 8. The molecule has 12 nitrogen and oxygen atoms in total. The van der Waals surface area contributed by atoms with E-state index in [0.717, 1.165) is 0 Å². The second-order valence-corrected chi connectivity index (χ2v) is 7.49. The molecule has 0 aromatic rings. The van der Waals surface area contributed by atoms with Crippen molar-refractivity contribution < 1.29 is 49.7 Å². The zero-order valence-corrected chi connectivity index (χ0v) is 16.2. The molecule has 1 saturated heterocycles. The summed E-state index contributed by atoms with van der Waals surface area (Å²) in [6.45, 7) is 1.32. The van der Waals surface area contributed by atoms with E-state index >= 15 is 0 Å². The van der Waals surface area contributed by atoms with E-state index in [1.54, 1.807) is 0 Å². The molecule has 0 aromatic heterocycles. The van der Waals surface area contributed by atoms with Crippen LogP contribution in [0.5, 0.6) is 0 Å². The van der Waals surface area contributed by atoms with Crippen molar-refractivity contribution in [3.8, 4) is 0 Å². The highest BCUT2D eigenvalue weighted by Crippen LogP contribution is 2.32. The molecule has 12 heteroatoms. The van der Waals surface area contributed by atoms with Gasteiger partial charge in [0.1, 0.15) is 30.5 Å². The van der Waals surface area contributed by atoms with Gasteiger partial charge in [0.05, 0.1) is 24.9 Å². The van der Waals surface area contributed by atoms with Crippen LogP contribution in [0.1, 0.15) is 20.3 Å². The molecule has 0 aromatic carbocycles. The first-order chi connectivity index (χ1) is 13.6. The van der Waals surface area contributed by atoms with E-state index in [0.29, 0.717) is 0 Å². The lowest BCUT2D eigenvalue weighted by Gasteiger charge is -2.47. The molecular formula is C17H30N2O10. The van der Waals surface area contributed by atoms with Crippen LogP contribution < -0.4 is 10.6 Å². The first kappa shape index (κ1) is 23.9. The number of aliphatic hydroxyl groups excluding tert-OH is 6. The van der Waals surface area contributed by atoms with E-state index in [9.17, 15) is 40.2 Å². The van der Waals surface area contributed by atoms with Gasteiger partial charge in [0.2, 0.25) is 11.8 Å². The Morgan fingerprint density at radius 3 is 2.03 bits per heavy atom. The second kappa shape index (κ2) is 10.1. The van der Waals surface area contributed by atoms with E-state index in [1.165, 1.54) is 13.8 Å². The van der Waals surface area contributed by atoms with Crippen molar-refractivity contribution in [3.63, 3.8) is 0 Å². The Morgan fingerprint density at radius 2 is 1.52 bits per heavy atom. The van der Waals surface area contributed by atoms with Crippen LogP contribution in [0.25, 0.3) is 0 Å². The van der Waals surface area contributed by atoms with Crippen molar-refractivity contribution in [2.75, 3.05) is 13.2 Å². The predicted molar refractivity (Wildman–Crippen MR) is 95.0 cm³/mol. The molecule has 168 valence electrons. The third-order valence-corrected chi connectivity index (χ3v) is 5.32. The molecule has 10 atom stereocenters. The molecule has 2 amide bonds. The minimum Gasteiger partial charge on any atom is -0.396 e. The lowest BCUT2D eigenvalue weighted by Crippen LogP contribution is -2.67. The van der Waals surface area contributed by atoms with Crippen molar-refractivity contribution in [3.05, 3.63) is 0 Å². The minimum atomic E-state index is -1.60. The molecular weight excluding hydrogens is 392 g/mol. The third-order valence-electron chi connectivity index (χ3n) is 5.32. The fourth-order valence-electron chi connectivity index (χ4n) is 3.87. The van der Waals surface area contributed by atoms with Gasteiger partial charge in [0.25, 0.3) is 0 Å². The summed E-state index contributed by atoms with van der Waals surface area (Å²) >= 11 is 0. The SMILES string of the molecule is CC(=O)N[C@@H]1[C@@H](O)[C@H](O)[C@@H](CO)C[C@H]1O[C@H]1[C@@H](O)[C@H](NC(C)=O)[C@H](O)O[C@H]1CO. The third kappa shape index (κ3) is 5.41. The molecule has 2 rings (SSSR count). The van der Waals surface area contributed by atoms with Crippen LogP contribution >= 0.6 is 0 Å². The lowest BCUT2D eigenvalue weighted by atomic mass is 9.79. The second-order valence-electron chi connectivity index (χ2n) is 7.49. The Bertz CT molecular complexity index is 578. The zero-order chi connectivity index (χ0) is 21.9. The van der Waals surface area contributed by atoms with E-state index < -0.39 is 85.9 Å². The number of carbonyl (C=O) groups is 2. The van der Waals surface area contributed by atoms with Crippen molar-refractivity contribution in [1.82, 2.24) is 10.6 Å². The van der Waals surface area contributed by atoms with Crippen LogP contribution in [0.3, 0.4) is 0 Å². The van der Waals surface area contributed by atoms with Crippen molar-refractivity contribution in [2.24, 2.45) is 5.92 Å². The topological polar surface area (TPSA) is 198 Å². The average Bonchev–Trinajstić information content (AvgIpc) is 2.65. The number of ether oxygens (including phenoxy) is 2. The first-order valence-electron chi connectivity index (χ1n) is 9.39. The van der Waals surface area contributed by atoms with E-state index in [4.69, 9.17) is 9.47 Å². The van der Waals surface area contributed by atoms with Crippen molar-refractivity contribution in [1.29, 1.82) is 0 Å². The fraction of sp³-hybridized carbons (Fsp3) is 0.882. The largest absolute Gasteiger partial charge is 0.396 e. The predicted octanol–water partition coefficient (Wildman–Crippen LogP) is -4.45. The van der Waals surface area contributed by atoms with Crippen molar-refractivity contribution in [2.45, 2.75) is 75.3 Å². The Kier molecular flexibility index (Phi) is 8.31. The van der Waals surface area contributed by atoms with Crippen LogP contribution in [0.2, 0.25) is 0 Å². The maximum absolute atomic E-state index is 11.6. The van der Waals surface area contributed by atoms with Gasteiger partial charge in [-0.1, -0.05) is 0 Å². The summed E-state index contributed by atoms with van der Waals surface area (Å²) < 4.78 is 11.1. The number of hydrogen-bond acceptors (Lipinski definition) is 10. The molecule has 1 aliphatic carbocycles. The normalized spacial score (nSPS) is 42.9. The summed E-state index contributed by atoms with van der Waals surface area (Å²) in [6, 6.07) is -2.31. The summed E-state index contributed by atoms with van der Waals surface area (Å²) in [5.41, 5.74) is 0. The zero-order valence-electron chi connectivity index (χ0n) is 16.2. The maximum atomic E-state index is 11.6. The molecule has 0 unspecified atom stereocenters. The number of amides is 2. The standard InChI is InChI=1S/C17H30N2O10/c1-6(22)18-11-9(3-8(4-20)13(24)14(11)25)28-16-10(5-21)29-17(27)12(15(16)26)19-7(2)23/h8-17,20-21,24-27H,3-5H2,1-2H3,(H,18,22)(H,19,23)/t8-,9-,10+,11+,12+,13-,14-,15+,16-,17-/m1/s1. The summed E-state index contributed by atoms with van der Waals surface area (Å²) in [6.07, 6.45) is -9.22. The molecule has 1 heterocycles. The van der Waals surface area contributed by atoms with Crippen LogP contribution in [0.15, 0.2) is 0 Å². The molecule has 8 N–H and O–H groups in total. The molecule has 29 heavy (non-hydrogen) atoms. The summed E-state index contributed by atoms with van der Waals surface area (Å²) in [5.74, 6) is -1.79. The molecule has 2 fully saturated rings. The summed E-state index contributed by atoms with van der Waals surface area (Å²) in [7, 11) is 0. The molecule has 0 spiro atoms. The van der Waals surface area contributed by atoms with Crippen LogP contribution in [-0.2, 0) is 19.1 Å². The van der Waals surface area contributed by atoms with Gasteiger partial charge in [-0.3, -0.25) is 9.59 Å². The van der Waals surface area contributed by atoms with Crippen LogP contribution in [-0.4, -0.2) is 111 Å². The molecule has 0 bridgehead atoms. The van der Waals surface area contributed by atoms with E-state index in [-0.39, 0.29) is 6.42 Å². The van der Waals surface area contributed by atoms with Gasteiger partial charge < -0.3 is 50.7 Å². The molecule has 1 aliphatic heterocycles. The van der Waals surface area contributed by atoms with Crippen LogP contribution in [0.4, 0.5) is 0 Å². The highest BCUT2D eigenvalue weighted by molar-refractivity contribution is 5.73. The van der Waals surface area contributed by atoms with Gasteiger partial charge in [0.15, 0.2) is 6.29 Å². The lowest BCUT2D eigenvalue weighted by molar-refractivity contribution is -0.278. The minimum absolute atomic E-state index is 0.0222.